The second-order valence-electron chi connectivity index (χ2n) is 4.96. The van der Waals surface area contributed by atoms with Crippen LogP contribution in [0.2, 0.25) is 0 Å². The van der Waals surface area contributed by atoms with Crippen LogP contribution in [0.5, 0.6) is 0 Å². The largest absolute Gasteiger partial charge is 0.383 e. The van der Waals surface area contributed by atoms with Crippen LogP contribution in [0.4, 0.5) is 5.82 Å². The van der Waals surface area contributed by atoms with Gasteiger partial charge in [0.05, 0.1) is 6.61 Å². The molecule has 0 aromatic carbocycles. The monoisotopic (exact) mass is 249 g/mol. The standard InChI is InChI=1S/C12H19N5O/c13-4-8-5-15-12(16-11(8)14)10-6-17-3-1-2-9(17)7-18-10/h5,9-10H,1-4,6-7,13H2,(H2,14,15,16). The molecule has 6 nitrogen and oxygen atoms in total. The van der Waals surface area contributed by atoms with Crippen molar-refractivity contribution >= 4 is 5.82 Å². The Kier molecular flexibility index (Phi) is 3.15. The summed E-state index contributed by atoms with van der Waals surface area (Å²) in [6.07, 6.45) is 4.14. The Bertz CT molecular complexity index is 438. The van der Waals surface area contributed by atoms with Crippen molar-refractivity contribution in [2.24, 2.45) is 5.73 Å². The third-order valence-electron chi connectivity index (χ3n) is 3.81. The van der Waals surface area contributed by atoms with Gasteiger partial charge in [0, 0.05) is 30.9 Å². The van der Waals surface area contributed by atoms with Crippen LogP contribution >= 0.6 is 0 Å². The zero-order chi connectivity index (χ0) is 12.5. The van der Waals surface area contributed by atoms with Crippen LogP contribution < -0.4 is 11.5 Å². The Morgan fingerprint density at radius 1 is 1.50 bits per heavy atom. The van der Waals surface area contributed by atoms with Crippen LogP contribution in [-0.4, -0.2) is 40.6 Å². The first-order chi connectivity index (χ1) is 8.78. The van der Waals surface area contributed by atoms with E-state index >= 15 is 0 Å². The summed E-state index contributed by atoms with van der Waals surface area (Å²) in [7, 11) is 0. The minimum Gasteiger partial charge on any atom is -0.383 e. The van der Waals surface area contributed by atoms with E-state index in [1.54, 1.807) is 6.20 Å². The number of hydrogen-bond donors (Lipinski definition) is 2. The number of ether oxygens (including phenoxy) is 1. The van der Waals surface area contributed by atoms with E-state index in [-0.39, 0.29) is 6.10 Å². The van der Waals surface area contributed by atoms with Crippen molar-refractivity contribution in [1.29, 1.82) is 0 Å². The summed E-state index contributed by atoms with van der Waals surface area (Å²) < 4.78 is 5.85. The Morgan fingerprint density at radius 3 is 3.17 bits per heavy atom. The van der Waals surface area contributed by atoms with Crippen molar-refractivity contribution in [2.75, 3.05) is 25.4 Å². The highest BCUT2D eigenvalue weighted by Gasteiger charge is 2.34. The minimum absolute atomic E-state index is 0.0616. The zero-order valence-corrected chi connectivity index (χ0v) is 10.4. The van der Waals surface area contributed by atoms with Crippen molar-refractivity contribution in [3.05, 3.63) is 17.6 Å². The SMILES string of the molecule is NCc1cnc(C2CN3CCCC3CO2)nc1N. The van der Waals surface area contributed by atoms with Gasteiger partial charge in [-0.05, 0) is 19.4 Å². The molecule has 18 heavy (non-hydrogen) atoms. The highest BCUT2D eigenvalue weighted by atomic mass is 16.5. The molecule has 3 heterocycles. The molecule has 1 aromatic heterocycles. The highest BCUT2D eigenvalue weighted by Crippen LogP contribution is 2.28. The number of morpholine rings is 1. The van der Waals surface area contributed by atoms with E-state index in [0.29, 0.717) is 24.2 Å². The first-order valence-electron chi connectivity index (χ1n) is 6.45. The van der Waals surface area contributed by atoms with Gasteiger partial charge in [-0.2, -0.15) is 0 Å². The van der Waals surface area contributed by atoms with Crippen LogP contribution in [-0.2, 0) is 11.3 Å². The van der Waals surface area contributed by atoms with E-state index in [0.717, 1.165) is 25.3 Å². The first kappa shape index (κ1) is 11.8. The van der Waals surface area contributed by atoms with E-state index in [2.05, 4.69) is 14.9 Å². The van der Waals surface area contributed by atoms with Gasteiger partial charge in [-0.1, -0.05) is 0 Å². The van der Waals surface area contributed by atoms with Crippen LogP contribution in [0.15, 0.2) is 6.20 Å². The number of rotatable bonds is 2. The van der Waals surface area contributed by atoms with Gasteiger partial charge >= 0.3 is 0 Å². The van der Waals surface area contributed by atoms with Crippen LogP contribution in [0, 0.1) is 0 Å². The lowest BCUT2D eigenvalue weighted by Gasteiger charge is -2.34. The summed E-state index contributed by atoms with van der Waals surface area (Å²) >= 11 is 0. The summed E-state index contributed by atoms with van der Waals surface area (Å²) in [6, 6.07) is 0.585. The van der Waals surface area contributed by atoms with E-state index in [1.807, 2.05) is 0 Å². The summed E-state index contributed by atoms with van der Waals surface area (Å²) in [4.78, 5) is 11.1. The van der Waals surface area contributed by atoms with E-state index in [9.17, 15) is 0 Å². The van der Waals surface area contributed by atoms with Gasteiger partial charge in [0.25, 0.3) is 0 Å². The summed E-state index contributed by atoms with van der Waals surface area (Å²) in [5.41, 5.74) is 12.2. The summed E-state index contributed by atoms with van der Waals surface area (Å²) in [5.74, 6) is 1.14. The van der Waals surface area contributed by atoms with Crippen molar-refractivity contribution in [3.8, 4) is 0 Å². The molecular weight excluding hydrogens is 230 g/mol. The Labute approximate surface area is 106 Å². The normalized spacial score (nSPS) is 28.3. The lowest BCUT2D eigenvalue weighted by Crippen LogP contribution is -2.42. The number of fused-ring (bicyclic) bond motifs is 1. The predicted molar refractivity (Wildman–Crippen MR) is 67.6 cm³/mol. The van der Waals surface area contributed by atoms with Gasteiger partial charge < -0.3 is 16.2 Å². The highest BCUT2D eigenvalue weighted by molar-refractivity contribution is 5.37. The number of anilines is 1. The second-order valence-corrected chi connectivity index (χ2v) is 4.96. The molecule has 3 rings (SSSR count). The molecule has 0 spiro atoms. The van der Waals surface area contributed by atoms with Gasteiger partial charge in [-0.25, -0.2) is 9.97 Å². The Balaban J connectivity index is 1.76. The molecule has 2 saturated heterocycles. The van der Waals surface area contributed by atoms with Crippen LogP contribution in [0.1, 0.15) is 30.3 Å². The number of nitrogen functional groups attached to an aromatic ring is 1. The molecule has 2 unspecified atom stereocenters. The minimum atomic E-state index is -0.0616. The molecule has 4 N–H and O–H groups in total. The third kappa shape index (κ3) is 2.07. The lowest BCUT2D eigenvalue weighted by atomic mass is 10.2. The molecule has 0 saturated carbocycles. The molecule has 0 amide bonds. The van der Waals surface area contributed by atoms with E-state index in [1.165, 1.54) is 12.8 Å². The van der Waals surface area contributed by atoms with E-state index in [4.69, 9.17) is 16.2 Å². The van der Waals surface area contributed by atoms with Gasteiger partial charge in [-0.3, -0.25) is 4.90 Å². The van der Waals surface area contributed by atoms with Gasteiger partial charge in [0.1, 0.15) is 11.9 Å². The summed E-state index contributed by atoms with van der Waals surface area (Å²) in [6.45, 7) is 3.16. The molecule has 98 valence electrons. The third-order valence-corrected chi connectivity index (χ3v) is 3.81. The number of nitrogens with two attached hydrogens (primary N) is 2. The first-order valence-corrected chi connectivity index (χ1v) is 6.45. The van der Waals surface area contributed by atoms with Crippen molar-refractivity contribution in [2.45, 2.75) is 31.5 Å². The molecular formula is C12H19N5O. The van der Waals surface area contributed by atoms with Crippen LogP contribution in [0.3, 0.4) is 0 Å². The van der Waals surface area contributed by atoms with Gasteiger partial charge in [-0.15, -0.1) is 0 Å². The average Bonchev–Trinajstić information content (AvgIpc) is 2.85. The number of hydrogen-bond acceptors (Lipinski definition) is 6. The molecule has 6 heteroatoms. The number of aromatic nitrogens is 2. The predicted octanol–water partition coefficient (Wildman–Crippen LogP) is 0.0532. The lowest BCUT2D eigenvalue weighted by molar-refractivity contribution is -0.0540. The van der Waals surface area contributed by atoms with Crippen molar-refractivity contribution in [3.63, 3.8) is 0 Å². The van der Waals surface area contributed by atoms with Gasteiger partial charge in [0.2, 0.25) is 0 Å². The topological polar surface area (TPSA) is 90.3 Å². The molecule has 0 bridgehead atoms. The molecule has 0 aliphatic carbocycles. The fraction of sp³-hybridized carbons (Fsp3) is 0.667. The molecule has 2 atom stereocenters. The molecule has 1 aromatic rings. The summed E-state index contributed by atoms with van der Waals surface area (Å²) in [5, 5.41) is 0. The fourth-order valence-electron chi connectivity index (χ4n) is 2.72. The second kappa shape index (κ2) is 4.79. The van der Waals surface area contributed by atoms with Gasteiger partial charge in [0.15, 0.2) is 5.82 Å². The zero-order valence-electron chi connectivity index (χ0n) is 10.4. The average molecular weight is 249 g/mol. The Hall–Kier alpha value is -1.24. The number of nitrogens with zero attached hydrogens (tertiary/aromatic N) is 3. The Morgan fingerprint density at radius 2 is 2.39 bits per heavy atom. The fourth-order valence-corrected chi connectivity index (χ4v) is 2.72. The maximum absolute atomic E-state index is 5.85. The smallest absolute Gasteiger partial charge is 0.160 e. The maximum atomic E-state index is 5.85. The molecule has 2 aliphatic heterocycles. The molecule has 2 aliphatic rings. The maximum Gasteiger partial charge on any atom is 0.160 e. The van der Waals surface area contributed by atoms with Crippen molar-refractivity contribution < 1.29 is 4.74 Å². The molecule has 0 radical (unpaired) electrons. The van der Waals surface area contributed by atoms with Crippen LogP contribution in [0.25, 0.3) is 0 Å². The van der Waals surface area contributed by atoms with Crippen molar-refractivity contribution in [1.82, 2.24) is 14.9 Å². The molecule has 2 fully saturated rings. The quantitative estimate of drug-likeness (QED) is 0.770. The van der Waals surface area contributed by atoms with E-state index < -0.39 is 0 Å².